The largest absolute Gasteiger partial charge is 0.471 e. The molecule has 0 fully saturated rings. The van der Waals surface area contributed by atoms with Gasteiger partial charge in [0, 0.05) is 40.9 Å². The number of nitrogens with one attached hydrogen (secondary N) is 1. The van der Waals surface area contributed by atoms with Gasteiger partial charge in [-0.15, -0.1) is 11.3 Å². The first-order chi connectivity index (χ1) is 16.0. The number of thiazole rings is 1. The van der Waals surface area contributed by atoms with Crippen molar-refractivity contribution < 1.29 is 22.5 Å². The molecule has 4 aromatic rings. The van der Waals surface area contributed by atoms with Crippen molar-refractivity contribution in [2.24, 2.45) is 0 Å². The molecule has 3 heterocycles. The van der Waals surface area contributed by atoms with Crippen LogP contribution in [0.1, 0.15) is 41.4 Å². The average molecular weight is 488 g/mol. The van der Waals surface area contributed by atoms with Crippen molar-refractivity contribution in [1.82, 2.24) is 25.4 Å². The summed E-state index contributed by atoms with van der Waals surface area (Å²) in [5.41, 5.74) is 2.86. The molecule has 176 valence electrons. The molecule has 0 radical (unpaired) electrons. The van der Waals surface area contributed by atoms with Crippen molar-refractivity contribution in [2.75, 3.05) is 6.54 Å². The third kappa shape index (κ3) is 5.14. The van der Waals surface area contributed by atoms with Gasteiger partial charge >= 0.3 is 12.1 Å². The number of aryl methyl sites for hydroxylation is 1. The maximum absolute atomic E-state index is 12.7. The summed E-state index contributed by atoms with van der Waals surface area (Å²) in [5.74, 6) is -2.20. The molecule has 0 bridgehead atoms. The lowest BCUT2D eigenvalue weighted by atomic mass is 9.90. The number of pyridine rings is 1. The topological polar surface area (TPSA) is 93.8 Å². The summed E-state index contributed by atoms with van der Waals surface area (Å²) in [6.07, 6.45) is -2.18. The lowest BCUT2D eigenvalue weighted by Crippen LogP contribution is -2.37. The maximum Gasteiger partial charge on any atom is 0.471 e. The van der Waals surface area contributed by atoms with Gasteiger partial charge in [-0.1, -0.05) is 48.8 Å². The highest BCUT2D eigenvalue weighted by Crippen LogP contribution is 2.31. The Morgan fingerprint density at radius 2 is 1.82 bits per heavy atom. The fraction of sp³-hybridized carbons (Fsp3) is 0.261. The highest BCUT2D eigenvalue weighted by atomic mass is 32.1. The maximum atomic E-state index is 12.7. The molecular weight excluding hydrogens is 467 g/mol. The van der Waals surface area contributed by atoms with Gasteiger partial charge in [-0.25, -0.2) is 4.98 Å². The Labute approximate surface area is 197 Å². The summed E-state index contributed by atoms with van der Waals surface area (Å²) in [5, 5.41) is 9.03. The summed E-state index contributed by atoms with van der Waals surface area (Å²) in [6.45, 7) is 6.24. The molecule has 11 heteroatoms. The van der Waals surface area contributed by atoms with Gasteiger partial charge in [0.1, 0.15) is 5.01 Å². The number of nitrogens with zero attached hydrogens (tertiary/aromatic N) is 4. The molecule has 0 aliphatic carbocycles. The summed E-state index contributed by atoms with van der Waals surface area (Å²) in [6, 6.07) is 9.46. The van der Waals surface area contributed by atoms with Crippen molar-refractivity contribution >= 4 is 17.2 Å². The number of hydrogen-bond acceptors (Lipinski definition) is 7. The van der Waals surface area contributed by atoms with Gasteiger partial charge in [-0.3, -0.25) is 9.78 Å². The molecule has 0 saturated heterocycles. The number of carbonyl (C=O) groups excluding carboxylic acids is 1. The molecule has 0 aliphatic heterocycles. The van der Waals surface area contributed by atoms with Crippen molar-refractivity contribution in [3.63, 3.8) is 0 Å². The molecule has 0 aliphatic rings. The number of aromatic nitrogens is 4. The number of rotatable bonds is 6. The van der Waals surface area contributed by atoms with Gasteiger partial charge in [0.05, 0.1) is 11.3 Å². The number of hydrogen-bond donors (Lipinski definition) is 1. The van der Waals surface area contributed by atoms with Gasteiger partial charge < -0.3 is 9.84 Å². The lowest BCUT2D eigenvalue weighted by Gasteiger charge is -2.23. The molecule has 1 N–H and O–H groups in total. The standard InChI is InChI=1S/C23H20F3N5O2S/c1-13-4-6-14(7-5-13)20-29-17(11-34-20)22(2,3)12-28-19(32)16-8-15(9-27-10-16)18-30-21(33-31-18)23(24,25)26/h4-11H,12H2,1-3H3,(H,28,32). The van der Waals surface area contributed by atoms with Crippen molar-refractivity contribution in [2.45, 2.75) is 32.4 Å². The van der Waals surface area contributed by atoms with Crippen molar-refractivity contribution in [1.29, 1.82) is 0 Å². The SMILES string of the molecule is Cc1ccc(-c2nc(C(C)(C)CNC(=O)c3cncc(-c4noc(C(F)(F)F)n4)c3)cs2)cc1. The summed E-state index contributed by atoms with van der Waals surface area (Å²) < 4.78 is 42.4. The quantitative estimate of drug-likeness (QED) is 0.397. The van der Waals surface area contributed by atoms with Crippen LogP contribution < -0.4 is 5.32 Å². The Morgan fingerprint density at radius 1 is 1.09 bits per heavy atom. The monoisotopic (exact) mass is 487 g/mol. The Hall–Kier alpha value is -3.60. The smallest absolute Gasteiger partial charge is 0.351 e. The number of alkyl halides is 3. The van der Waals surface area contributed by atoms with Crippen LogP contribution in [0.5, 0.6) is 0 Å². The molecule has 3 aromatic heterocycles. The third-order valence-electron chi connectivity index (χ3n) is 5.11. The van der Waals surface area contributed by atoms with Gasteiger partial charge in [-0.05, 0) is 13.0 Å². The highest BCUT2D eigenvalue weighted by Gasteiger charge is 2.38. The van der Waals surface area contributed by atoms with E-state index in [0.29, 0.717) is 0 Å². The minimum Gasteiger partial charge on any atom is -0.351 e. The van der Waals surface area contributed by atoms with E-state index in [0.717, 1.165) is 16.3 Å². The zero-order valence-corrected chi connectivity index (χ0v) is 19.3. The normalized spacial score (nSPS) is 12.1. The van der Waals surface area contributed by atoms with Crippen LogP contribution in [0, 0.1) is 6.92 Å². The second-order valence-corrected chi connectivity index (χ2v) is 9.21. The Morgan fingerprint density at radius 3 is 2.50 bits per heavy atom. The Kier molecular flexibility index (Phi) is 6.22. The van der Waals surface area contributed by atoms with Crippen molar-refractivity contribution in [3.8, 4) is 22.0 Å². The summed E-state index contributed by atoms with van der Waals surface area (Å²) in [4.78, 5) is 24.7. The molecule has 7 nitrogen and oxygen atoms in total. The predicted molar refractivity (Wildman–Crippen MR) is 120 cm³/mol. The molecule has 0 saturated carbocycles. The van der Waals surface area contributed by atoms with Crippen molar-refractivity contribution in [3.05, 3.63) is 70.8 Å². The Balaban J connectivity index is 1.45. The molecule has 1 amide bonds. The number of halogens is 3. The predicted octanol–water partition coefficient (Wildman–Crippen LogP) is 5.29. The van der Waals surface area contributed by atoms with E-state index in [9.17, 15) is 18.0 Å². The van der Waals surface area contributed by atoms with Crippen LogP contribution in [0.2, 0.25) is 0 Å². The number of amides is 1. The van der Waals surface area contributed by atoms with E-state index in [-0.39, 0.29) is 23.5 Å². The third-order valence-corrected chi connectivity index (χ3v) is 6.01. The van der Waals surface area contributed by atoms with E-state index in [4.69, 9.17) is 4.98 Å². The number of benzene rings is 1. The molecule has 4 rings (SSSR count). The van der Waals surface area contributed by atoms with E-state index < -0.39 is 23.4 Å². The van der Waals surface area contributed by atoms with Gasteiger partial charge in [0.25, 0.3) is 5.91 Å². The van der Waals surface area contributed by atoms with E-state index in [1.807, 2.05) is 50.4 Å². The van der Waals surface area contributed by atoms with E-state index in [1.165, 1.54) is 35.4 Å². The first kappa shape index (κ1) is 23.6. The fourth-order valence-corrected chi connectivity index (χ4v) is 4.07. The second-order valence-electron chi connectivity index (χ2n) is 8.35. The lowest BCUT2D eigenvalue weighted by molar-refractivity contribution is -0.159. The molecule has 0 unspecified atom stereocenters. The minimum atomic E-state index is -4.76. The average Bonchev–Trinajstić information content (AvgIpc) is 3.49. The van der Waals surface area contributed by atoms with Gasteiger partial charge in [-0.2, -0.15) is 18.2 Å². The molecular formula is C23H20F3N5O2S. The van der Waals surface area contributed by atoms with Crippen LogP contribution >= 0.6 is 11.3 Å². The Bertz CT molecular complexity index is 1310. The molecule has 1 aromatic carbocycles. The van der Waals surface area contributed by atoms with E-state index in [1.54, 1.807) is 0 Å². The second kappa shape index (κ2) is 8.98. The molecule has 34 heavy (non-hydrogen) atoms. The van der Waals surface area contributed by atoms with Gasteiger partial charge in [0.15, 0.2) is 0 Å². The zero-order valence-electron chi connectivity index (χ0n) is 18.5. The number of carbonyl (C=O) groups is 1. The minimum absolute atomic E-state index is 0.133. The van der Waals surface area contributed by atoms with Crippen LogP contribution in [-0.4, -0.2) is 32.6 Å². The zero-order chi connectivity index (χ0) is 24.5. The highest BCUT2D eigenvalue weighted by molar-refractivity contribution is 7.13. The van der Waals surface area contributed by atoms with Crippen LogP contribution in [0.25, 0.3) is 22.0 Å². The molecule has 0 spiro atoms. The van der Waals surface area contributed by atoms with Crippen LogP contribution in [0.4, 0.5) is 13.2 Å². The fourth-order valence-electron chi connectivity index (χ4n) is 3.05. The molecule has 0 atom stereocenters. The van der Waals surface area contributed by atoms with Crippen LogP contribution in [0.15, 0.2) is 52.6 Å². The van der Waals surface area contributed by atoms with Crippen LogP contribution in [-0.2, 0) is 11.6 Å². The van der Waals surface area contributed by atoms with E-state index in [2.05, 4.69) is 25.0 Å². The van der Waals surface area contributed by atoms with Gasteiger partial charge in [0.2, 0.25) is 5.82 Å². The summed E-state index contributed by atoms with van der Waals surface area (Å²) >= 11 is 1.53. The van der Waals surface area contributed by atoms with Crippen LogP contribution in [0.3, 0.4) is 0 Å². The first-order valence-corrected chi connectivity index (χ1v) is 11.1. The van der Waals surface area contributed by atoms with E-state index >= 15 is 0 Å². The first-order valence-electron chi connectivity index (χ1n) is 10.2. The summed E-state index contributed by atoms with van der Waals surface area (Å²) in [7, 11) is 0.